The number of carbonyl (C=O) groups is 2. The molecule has 0 radical (unpaired) electrons. The van der Waals surface area contributed by atoms with Gasteiger partial charge in [-0.2, -0.15) is 0 Å². The minimum atomic E-state index is -4.30. The number of nitrogens with one attached hydrogen (secondary N) is 1. The fourth-order valence-electron chi connectivity index (χ4n) is 4.05. The van der Waals surface area contributed by atoms with Crippen molar-refractivity contribution in [2.45, 2.75) is 31.4 Å². The van der Waals surface area contributed by atoms with Crippen LogP contribution in [0, 0.1) is 5.92 Å². The summed E-state index contributed by atoms with van der Waals surface area (Å²) < 4.78 is 46.7. The van der Waals surface area contributed by atoms with E-state index in [-0.39, 0.29) is 22.0 Å². The molecule has 0 bridgehead atoms. The maximum atomic E-state index is 12.9. The normalized spacial score (nSPS) is 15.2. The highest BCUT2D eigenvalue weighted by Gasteiger charge is 2.32. The van der Waals surface area contributed by atoms with Gasteiger partial charge < -0.3 is 23.9 Å². The van der Waals surface area contributed by atoms with Crippen molar-refractivity contribution < 1.29 is 36.6 Å². The van der Waals surface area contributed by atoms with E-state index in [4.69, 9.17) is 18.6 Å². The molecule has 0 saturated carbocycles. The van der Waals surface area contributed by atoms with Gasteiger partial charge in [-0.25, -0.2) is 13.2 Å². The average Bonchev–Trinajstić information content (AvgIpc) is 3.47. The maximum absolute atomic E-state index is 12.9. The Morgan fingerprint density at radius 3 is 2.50 bits per heavy atom. The molecule has 192 valence electrons. The van der Waals surface area contributed by atoms with Gasteiger partial charge in [-0.1, -0.05) is 18.1 Å². The molecule has 1 N–H and O–H groups in total. The number of benzene rings is 1. The summed E-state index contributed by atoms with van der Waals surface area (Å²) in [5.41, 5.74) is 1.40. The first kappa shape index (κ1) is 25.6. The Bertz CT molecular complexity index is 1390. The Morgan fingerprint density at radius 2 is 1.86 bits per heavy atom. The third-order valence-corrected chi connectivity index (χ3v) is 8.30. The van der Waals surface area contributed by atoms with Crippen molar-refractivity contribution in [3.05, 3.63) is 34.2 Å². The molecule has 1 aromatic carbocycles. The summed E-state index contributed by atoms with van der Waals surface area (Å²) in [6.07, 6.45) is 2.37. The summed E-state index contributed by atoms with van der Waals surface area (Å²) in [5.74, 6) is -1.40. The zero-order chi connectivity index (χ0) is 26.0. The SMILES string of the molecule is COC(=O)c1c(NC(=O)CS(=O)(=O)c2nnc(-c3c(OC)cccc3OC)o2)sc2c1CCC(C)C2. The number of thiophene rings is 1. The highest BCUT2D eigenvalue weighted by atomic mass is 32.2. The van der Waals surface area contributed by atoms with Crippen LogP contribution < -0.4 is 14.8 Å². The summed E-state index contributed by atoms with van der Waals surface area (Å²) in [5, 5.41) is 9.55. The van der Waals surface area contributed by atoms with Crippen LogP contribution in [0.5, 0.6) is 11.5 Å². The van der Waals surface area contributed by atoms with Crippen LogP contribution >= 0.6 is 11.3 Å². The van der Waals surface area contributed by atoms with Crippen molar-refractivity contribution in [2.75, 3.05) is 32.4 Å². The van der Waals surface area contributed by atoms with E-state index in [1.165, 1.54) is 32.7 Å². The van der Waals surface area contributed by atoms with Crippen molar-refractivity contribution in [1.29, 1.82) is 0 Å². The molecule has 2 heterocycles. The maximum Gasteiger partial charge on any atom is 0.341 e. The van der Waals surface area contributed by atoms with E-state index < -0.39 is 32.7 Å². The fourth-order valence-corrected chi connectivity index (χ4v) is 6.38. The lowest BCUT2D eigenvalue weighted by Crippen LogP contribution is -2.24. The molecule has 3 aromatic rings. The molecule has 13 heteroatoms. The molecule has 36 heavy (non-hydrogen) atoms. The smallest absolute Gasteiger partial charge is 0.341 e. The van der Waals surface area contributed by atoms with Crippen LogP contribution in [0.2, 0.25) is 0 Å². The Morgan fingerprint density at radius 1 is 1.17 bits per heavy atom. The summed E-state index contributed by atoms with van der Waals surface area (Å²) >= 11 is 1.26. The number of sulfone groups is 1. The van der Waals surface area contributed by atoms with Gasteiger partial charge in [-0.05, 0) is 42.9 Å². The fraction of sp³-hybridized carbons (Fsp3) is 0.391. The monoisotopic (exact) mass is 535 g/mol. The quantitative estimate of drug-likeness (QED) is 0.427. The number of aromatic nitrogens is 2. The molecule has 1 atom stereocenters. The molecule has 1 amide bonds. The van der Waals surface area contributed by atoms with Crippen LogP contribution in [-0.2, 0) is 32.2 Å². The lowest BCUT2D eigenvalue weighted by Gasteiger charge is -2.18. The zero-order valence-electron chi connectivity index (χ0n) is 20.1. The number of ether oxygens (including phenoxy) is 3. The third-order valence-electron chi connectivity index (χ3n) is 5.79. The van der Waals surface area contributed by atoms with Crippen LogP contribution in [0.15, 0.2) is 27.8 Å². The van der Waals surface area contributed by atoms with Crippen molar-refractivity contribution in [3.8, 4) is 23.0 Å². The van der Waals surface area contributed by atoms with Crippen LogP contribution in [0.1, 0.15) is 34.1 Å². The Kier molecular flexibility index (Phi) is 7.31. The van der Waals surface area contributed by atoms with Crippen molar-refractivity contribution in [1.82, 2.24) is 10.2 Å². The lowest BCUT2D eigenvalue weighted by atomic mass is 9.88. The molecule has 4 rings (SSSR count). The number of nitrogens with zero attached hydrogens (tertiary/aromatic N) is 2. The first-order chi connectivity index (χ1) is 17.2. The van der Waals surface area contributed by atoms with Crippen molar-refractivity contribution in [3.63, 3.8) is 0 Å². The summed E-state index contributed by atoms with van der Waals surface area (Å²) in [4.78, 5) is 26.2. The first-order valence-electron chi connectivity index (χ1n) is 11.0. The number of hydrogen-bond donors (Lipinski definition) is 1. The average molecular weight is 536 g/mol. The van der Waals surface area contributed by atoms with Crippen molar-refractivity contribution >= 4 is 38.1 Å². The number of fused-ring (bicyclic) bond motifs is 1. The van der Waals surface area contributed by atoms with Crippen molar-refractivity contribution in [2.24, 2.45) is 5.92 Å². The van der Waals surface area contributed by atoms with Crippen LogP contribution in [0.3, 0.4) is 0 Å². The predicted molar refractivity (Wildman–Crippen MR) is 130 cm³/mol. The molecule has 0 spiro atoms. The second-order valence-electron chi connectivity index (χ2n) is 8.27. The molecule has 1 unspecified atom stereocenters. The standard InChI is InChI=1S/C23H25N3O8S2/c1-12-8-9-13-16(10-12)35-21(18(13)22(28)33-4)24-17(27)11-36(29,30)23-26-25-20(34-23)19-14(31-2)6-5-7-15(19)32-3/h5-7,12H,8-11H2,1-4H3,(H,24,27). The van der Waals surface area contributed by atoms with E-state index in [0.29, 0.717) is 23.8 Å². The zero-order valence-corrected chi connectivity index (χ0v) is 21.7. The molecule has 11 nitrogen and oxygen atoms in total. The van der Waals surface area contributed by atoms with Gasteiger partial charge in [0, 0.05) is 4.88 Å². The minimum absolute atomic E-state index is 0.142. The van der Waals surface area contributed by atoms with E-state index in [0.717, 1.165) is 23.3 Å². The highest BCUT2D eigenvalue weighted by Crippen LogP contribution is 2.40. The second-order valence-corrected chi connectivity index (χ2v) is 11.2. The lowest BCUT2D eigenvalue weighted by molar-refractivity contribution is -0.113. The van der Waals surface area contributed by atoms with Crippen LogP contribution in [0.25, 0.3) is 11.5 Å². The summed E-state index contributed by atoms with van der Waals surface area (Å²) in [6, 6.07) is 4.94. The molecule has 2 aromatic heterocycles. The summed E-state index contributed by atoms with van der Waals surface area (Å²) in [7, 11) is -0.174. The van der Waals surface area contributed by atoms with Crippen LogP contribution in [-0.4, -0.2) is 57.6 Å². The van der Waals surface area contributed by atoms with Gasteiger partial charge in [0.25, 0.3) is 5.89 Å². The van der Waals surface area contributed by atoms with E-state index in [1.54, 1.807) is 18.2 Å². The van der Waals surface area contributed by atoms with Gasteiger partial charge in [0.2, 0.25) is 15.7 Å². The molecule has 0 saturated heterocycles. The second kappa shape index (κ2) is 10.3. The molecular weight excluding hydrogens is 510 g/mol. The van der Waals surface area contributed by atoms with E-state index in [1.807, 2.05) is 0 Å². The first-order valence-corrected chi connectivity index (χ1v) is 13.5. The van der Waals surface area contributed by atoms with Gasteiger partial charge >= 0.3 is 11.2 Å². The molecule has 1 aliphatic carbocycles. The number of anilines is 1. The number of hydrogen-bond acceptors (Lipinski definition) is 11. The van der Waals surface area contributed by atoms with E-state index in [9.17, 15) is 18.0 Å². The molecule has 0 fully saturated rings. The Balaban J connectivity index is 1.57. The highest BCUT2D eigenvalue weighted by molar-refractivity contribution is 7.91. The van der Waals surface area contributed by atoms with E-state index in [2.05, 4.69) is 22.4 Å². The molecule has 1 aliphatic rings. The third kappa shape index (κ3) is 4.93. The predicted octanol–water partition coefficient (Wildman–Crippen LogP) is 3.14. The van der Waals surface area contributed by atoms with E-state index >= 15 is 0 Å². The van der Waals surface area contributed by atoms with Gasteiger partial charge in [0.15, 0.2) is 0 Å². The number of carbonyl (C=O) groups excluding carboxylic acids is 2. The molecular formula is C23H25N3O8S2. The topological polar surface area (TPSA) is 147 Å². The number of methoxy groups -OCH3 is 3. The number of esters is 1. The van der Waals surface area contributed by atoms with Gasteiger partial charge in [-0.15, -0.1) is 16.4 Å². The Hall–Kier alpha value is -3.45. The summed E-state index contributed by atoms with van der Waals surface area (Å²) in [6.45, 7) is 2.12. The largest absolute Gasteiger partial charge is 0.496 e. The van der Waals surface area contributed by atoms with Crippen LogP contribution in [0.4, 0.5) is 5.00 Å². The van der Waals surface area contributed by atoms with Gasteiger partial charge in [-0.3, -0.25) is 4.79 Å². The van der Waals surface area contributed by atoms with Gasteiger partial charge in [0.05, 0.1) is 26.9 Å². The van der Waals surface area contributed by atoms with Gasteiger partial charge in [0.1, 0.15) is 27.8 Å². The number of rotatable bonds is 8. The minimum Gasteiger partial charge on any atom is -0.496 e. The molecule has 0 aliphatic heterocycles. The Labute approximate surface area is 211 Å². The number of amides is 1.